The summed E-state index contributed by atoms with van der Waals surface area (Å²) in [5.74, 6) is 1.34. The van der Waals surface area contributed by atoms with E-state index in [1.54, 1.807) is 19.1 Å². The molecule has 6 nitrogen and oxygen atoms in total. The number of aryl methyl sites for hydroxylation is 2. The second-order valence-electron chi connectivity index (χ2n) is 8.88. The van der Waals surface area contributed by atoms with Crippen LogP contribution in [-0.4, -0.2) is 31.6 Å². The van der Waals surface area contributed by atoms with E-state index in [-0.39, 0.29) is 17.1 Å². The number of carbonyl (C=O) groups is 1. The fraction of sp³-hybridized carbons (Fsp3) is 0.241. The maximum absolute atomic E-state index is 13.7. The number of amides is 1. The van der Waals surface area contributed by atoms with Crippen molar-refractivity contribution in [3.05, 3.63) is 104 Å². The lowest BCUT2D eigenvalue weighted by Crippen LogP contribution is -2.31. The number of rotatable bonds is 6. The molecule has 1 aliphatic rings. The average Bonchev–Trinajstić information content (AvgIpc) is 3.16. The highest BCUT2D eigenvalue weighted by Crippen LogP contribution is 2.39. The molecule has 0 aliphatic carbocycles. The van der Waals surface area contributed by atoms with Crippen molar-refractivity contribution in [2.24, 2.45) is 0 Å². The molecule has 3 aromatic carbocycles. The van der Waals surface area contributed by atoms with Crippen LogP contribution < -0.4 is 14.9 Å². The molecule has 0 fully saturated rings. The van der Waals surface area contributed by atoms with Gasteiger partial charge in [0.15, 0.2) is 5.43 Å². The van der Waals surface area contributed by atoms with Gasteiger partial charge in [0, 0.05) is 6.54 Å². The number of benzene rings is 3. The molecular weight excluding hydrogens is 442 g/mol. The Labute approximate surface area is 203 Å². The lowest BCUT2D eigenvalue weighted by Gasteiger charge is -2.25. The number of methoxy groups -OCH3 is 2. The fourth-order valence-electron chi connectivity index (χ4n) is 4.68. The van der Waals surface area contributed by atoms with Crippen LogP contribution in [0.15, 0.2) is 69.9 Å². The highest BCUT2D eigenvalue weighted by molar-refractivity contribution is 5.99. The molecule has 0 bridgehead atoms. The summed E-state index contributed by atoms with van der Waals surface area (Å²) in [5.41, 5.74) is 4.59. The molecule has 1 unspecified atom stereocenters. The van der Waals surface area contributed by atoms with Gasteiger partial charge in [0.05, 0.1) is 31.2 Å². The van der Waals surface area contributed by atoms with Gasteiger partial charge in [-0.25, -0.2) is 0 Å². The van der Waals surface area contributed by atoms with Gasteiger partial charge in [0.1, 0.15) is 17.1 Å². The van der Waals surface area contributed by atoms with E-state index in [1.807, 2.05) is 74.5 Å². The van der Waals surface area contributed by atoms with E-state index in [4.69, 9.17) is 13.9 Å². The third-order valence-electron chi connectivity index (χ3n) is 6.81. The highest BCUT2D eigenvalue weighted by atomic mass is 16.5. The lowest BCUT2D eigenvalue weighted by atomic mass is 9.97. The predicted molar refractivity (Wildman–Crippen MR) is 135 cm³/mol. The molecule has 178 valence electrons. The molecule has 0 spiro atoms. The fourth-order valence-corrected chi connectivity index (χ4v) is 4.68. The lowest BCUT2D eigenvalue weighted by molar-refractivity contribution is 0.0730. The quantitative estimate of drug-likeness (QED) is 0.388. The van der Waals surface area contributed by atoms with E-state index < -0.39 is 6.04 Å². The van der Waals surface area contributed by atoms with Crippen molar-refractivity contribution in [2.75, 3.05) is 20.8 Å². The molecule has 0 saturated heterocycles. The monoisotopic (exact) mass is 469 g/mol. The van der Waals surface area contributed by atoms with Crippen molar-refractivity contribution in [3.8, 4) is 11.5 Å². The van der Waals surface area contributed by atoms with E-state index in [0.717, 1.165) is 28.0 Å². The van der Waals surface area contributed by atoms with E-state index >= 15 is 0 Å². The van der Waals surface area contributed by atoms with Crippen LogP contribution in [0.5, 0.6) is 11.5 Å². The first-order valence-electron chi connectivity index (χ1n) is 11.6. The Balaban J connectivity index is 1.61. The summed E-state index contributed by atoms with van der Waals surface area (Å²) in [4.78, 5) is 29.1. The minimum Gasteiger partial charge on any atom is -0.497 e. The van der Waals surface area contributed by atoms with Crippen molar-refractivity contribution in [2.45, 2.75) is 26.3 Å². The molecule has 35 heavy (non-hydrogen) atoms. The van der Waals surface area contributed by atoms with Crippen LogP contribution in [0.3, 0.4) is 0 Å². The van der Waals surface area contributed by atoms with Crippen LogP contribution in [0.1, 0.15) is 44.4 Å². The molecule has 2 heterocycles. The third-order valence-corrected chi connectivity index (χ3v) is 6.81. The first-order valence-corrected chi connectivity index (χ1v) is 11.6. The van der Waals surface area contributed by atoms with Gasteiger partial charge in [-0.05, 0) is 78.9 Å². The smallest absolute Gasteiger partial charge is 0.290 e. The largest absolute Gasteiger partial charge is 0.497 e. The van der Waals surface area contributed by atoms with Gasteiger partial charge in [-0.3, -0.25) is 9.59 Å². The minimum absolute atomic E-state index is 0.126. The number of hydrogen-bond donors (Lipinski definition) is 0. The number of hydrogen-bond acceptors (Lipinski definition) is 5. The molecule has 4 aromatic rings. The zero-order chi connectivity index (χ0) is 24.7. The van der Waals surface area contributed by atoms with Gasteiger partial charge >= 0.3 is 0 Å². The van der Waals surface area contributed by atoms with Crippen LogP contribution in [-0.2, 0) is 6.42 Å². The molecule has 6 heteroatoms. The number of carbonyl (C=O) groups excluding carboxylic acids is 1. The molecule has 5 rings (SSSR count). The summed E-state index contributed by atoms with van der Waals surface area (Å²) in [7, 11) is 3.24. The topological polar surface area (TPSA) is 69.0 Å². The summed E-state index contributed by atoms with van der Waals surface area (Å²) in [6, 6.07) is 18.4. The summed E-state index contributed by atoms with van der Waals surface area (Å²) in [5, 5.41) is 0.496. The Kier molecular flexibility index (Phi) is 5.81. The number of fused-ring (bicyclic) bond motifs is 2. The second-order valence-corrected chi connectivity index (χ2v) is 8.88. The van der Waals surface area contributed by atoms with Crippen LogP contribution in [0.25, 0.3) is 11.0 Å². The van der Waals surface area contributed by atoms with Gasteiger partial charge < -0.3 is 18.8 Å². The molecule has 1 amide bonds. The Bertz CT molecular complexity index is 1470. The summed E-state index contributed by atoms with van der Waals surface area (Å²) < 4.78 is 16.7. The first-order chi connectivity index (χ1) is 16.9. The van der Waals surface area contributed by atoms with Crippen molar-refractivity contribution in [3.63, 3.8) is 0 Å². The van der Waals surface area contributed by atoms with E-state index in [2.05, 4.69) is 0 Å². The third kappa shape index (κ3) is 3.95. The summed E-state index contributed by atoms with van der Waals surface area (Å²) in [6.45, 7) is 4.36. The zero-order valence-electron chi connectivity index (χ0n) is 20.3. The minimum atomic E-state index is -0.538. The van der Waals surface area contributed by atoms with Crippen LogP contribution in [0, 0.1) is 13.8 Å². The zero-order valence-corrected chi connectivity index (χ0v) is 20.3. The SMILES string of the molecule is COc1ccc(CCN2C(=O)c3oc4cc(C)c(C)cc4c(=O)c3C2c2ccc(OC)cc2)cc1. The van der Waals surface area contributed by atoms with E-state index in [0.29, 0.717) is 35.2 Å². The van der Waals surface area contributed by atoms with E-state index in [9.17, 15) is 9.59 Å². The molecule has 1 aliphatic heterocycles. The average molecular weight is 470 g/mol. The first kappa shape index (κ1) is 22.7. The number of nitrogens with zero attached hydrogens (tertiary/aromatic N) is 1. The standard InChI is InChI=1S/C29H27NO5/c1-17-15-23-24(16-18(17)2)35-28-25(27(23)31)26(20-7-11-22(34-4)12-8-20)30(29(28)32)14-13-19-5-9-21(33-3)10-6-19/h5-12,15-16,26H,13-14H2,1-4H3. The second kappa shape index (κ2) is 8.95. The Morgan fingerprint density at radius 3 is 2.09 bits per heavy atom. The van der Waals surface area contributed by atoms with Crippen molar-refractivity contribution < 1.29 is 18.7 Å². The Morgan fingerprint density at radius 2 is 1.46 bits per heavy atom. The summed E-state index contributed by atoms with van der Waals surface area (Å²) >= 11 is 0. The van der Waals surface area contributed by atoms with Gasteiger partial charge in [-0.1, -0.05) is 24.3 Å². The van der Waals surface area contributed by atoms with Gasteiger partial charge in [-0.15, -0.1) is 0 Å². The maximum atomic E-state index is 13.7. The number of ether oxygens (including phenoxy) is 2. The van der Waals surface area contributed by atoms with Crippen molar-refractivity contribution >= 4 is 16.9 Å². The molecule has 1 aromatic heterocycles. The molecule has 0 radical (unpaired) electrons. The molecular formula is C29H27NO5. The molecule has 0 N–H and O–H groups in total. The normalized spacial score (nSPS) is 14.9. The Morgan fingerprint density at radius 1 is 0.857 bits per heavy atom. The Hall–Kier alpha value is -4.06. The van der Waals surface area contributed by atoms with Crippen LogP contribution in [0.2, 0.25) is 0 Å². The predicted octanol–water partition coefficient (Wildman–Crippen LogP) is 5.21. The van der Waals surface area contributed by atoms with E-state index in [1.165, 1.54) is 0 Å². The van der Waals surface area contributed by atoms with Crippen molar-refractivity contribution in [1.29, 1.82) is 0 Å². The van der Waals surface area contributed by atoms with Crippen LogP contribution in [0.4, 0.5) is 0 Å². The highest BCUT2D eigenvalue weighted by Gasteiger charge is 2.42. The van der Waals surface area contributed by atoms with Crippen molar-refractivity contribution in [1.82, 2.24) is 4.90 Å². The molecule has 0 saturated carbocycles. The summed E-state index contributed by atoms with van der Waals surface area (Å²) in [6.07, 6.45) is 0.627. The molecule has 1 atom stereocenters. The van der Waals surface area contributed by atoms with Crippen LogP contribution >= 0.6 is 0 Å². The van der Waals surface area contributed by atoms with Gasteiger partial charge in [0.25, 0.3) is 5.91 Å². The van der Waals surface area contributed by atoms with Gasteiger partial charge in [-0.2, -0.15) is 0 Å². The maximum Gasteiger partial charge on any atom is 0.290 e. The van der Waals surface area contributed by atoms with Gasteiger partial charge in [0.2, 0.25) is 5.76 Å².